The predicted molar refractivity (Wildman–Crippen MR) is 146 cm³/mol. The van der Waals surface area contributed by atoms with Crippen molar-refractivity contribution in [3.63, 3.8) is 0 Å². The summed E-state index contributed by atoms with van der Waals surface area (Å²) in [5, 5.41) is 5.65. The molecule has 0 saturated carbocycles. The first-order valence-electron chi connectivity index (χ1n) is 12.5. The normalized spacial score (nSPS) is 23.5. The molecule has 2 bridgehead atoms. The zero-order chi connectivity index (χ0) is 25.4. The number of hydrogen-bond acceptors (Lipinski definition) is 3. The molecule has 3 aliphatic carbocycles. The van der Waals surface area contributed by atoms with Crippen LogP contribution in [0.25, 0.3) is 5.69 Å². The number of carbonyl (C=O) groups excluding carboxylic acids is 2. The maximum Gasteiger partial charge on any atom is 0.254 e. The van der Waals surface area contributed by atoms with Crippen molar-refractivity contribution in [1.29, 1.82) is 0 Å². The van der Waals surface area contributed by atoms with Gasteiger partial charge in [0.15, 0.2) is 0 Å². The standard InChI is InChI=1S/C31H24BrN3O2/c1-17-15-19(18(2)34(17)21-13-11-20(32)12-14-21)16-33-35-30(36)28-26-22-7-3-4-8-23(22)27(29(28)31(35)37)25-10-6-5-9-24(25)26/h3-16,26-29H,1-2H3/b33-16-/t26?,27?,28-,29-/m0/s1. The number of halogens is 1. The van der Waals surface area contributed by atoms with Crippen LogP contribution < -0.4 is 0 Å². The van der Waals surface area contributed by atoms with Crippen molar-refractivity contribution in [3.05, 3.63) is 123 Å². The largest absolute Gasteiger partial charge is 0.318 e. The summed E-state index contributed by atoms with van der Waals surface area (Å²) in [7, 11) is 0. The van der Waals surface area contributed by atoms with Crippen molar-refractivity contribution in [2.24, 2.45) is 16.9 Å². The van der Waals surface area contributed by atoms with E-state index in [9.17, 15) is 9.59 Å². The van der Waals surface area contributed by atoms with Gasteiger partial charge in [-0.25, -0.2) is 0 Å². The van der Waals surface area contributed by atoms with E-state index in [2.05, 4.69) is 49.9 Å². The predicted octanol–water partition coefficient (Wildman–Crippen LogP) is 6.08. The SMILES string of the molecule is Cc1cc(/C=N\N2C(=O)[C@H]3C4c5ccccc5C(c5ccccc54)[C@@H]3C2=O)c(C)n1-c1ccc(Br)cc1. The summed E-state index contributed by atoms with van der Waals surface area (Å²) in [6, 6.07) is 26.7. The van der Waals surface area contributed by atoms with Gasteiger partial charge in [0, 0.05) is 38.9 Å². The number of hydrogen-bond donors (Lipinski definition) is 0. The molecule has 4 aromatic rings. The monoisotopic (exact) mass is 549 g/mol. The number of nitrogens with zero attached hydrogens (tertiary/aromatic N) is 3. The van der Waals surface area contributed by atoms with E-state index < -0.39 is 11.8 Å². The highest BCUT2D eigenvalue weighted by Gasteiger charge is 2.61. The second-order valence-electron chi connectivity index (χ2n) is 10.1. The molecule has 3 aromatic carbocycles. The summed E-state index contributed by atoms with van der Waals surface area (Å²) in [4.78, 5) is 27.5. The Balaban J connectivity index is 1.26. The van der Waals surface area contributed by atoms with Gasteiger partial charge in [-0.15, -0.1) is 0 Å². The van der Waals surface area contributed by atoms with E-state index in [1.54, 1.807) is 6.21 Å². The molecule has 1 aliphatic heterocycles. The highest BCUT2D eigenvalue weighted by molar-refractivity contribution is 9.10. The topological polar surface area (TPSA) is 54.7 Å². The Morgan fingerprint density at radius 1 is 0.757 bits per heavy atom. The molecule has 182 valence electrons. The number of hydrazone groups is 1. The van der Waals surface area contributed by atoms with Gasteiger partial charge in [-0.2, -0.15) is 10.1 Å². The van der Waals surface area contributed by atoms with Gasteiger partial charge in [0.2, 0.25) is 0 Å². The fourth-order valence-electron chi connectivity index (χ4n) is 6.80. The molecule has 8 rings (SSSR count). The number of aromatic nitrogens is 1. The highest BCUT2D eigenvalue weighted by Crippen LogP contribution is 2.60. The van der Waals surface area contributed by atoms with E-state index in [0.717, 1.165) is 54.4 Å². The Labute approximate surface area is 223 Å². The quantitative estimate of drug-likeness (QED) is 0.229. The fourth-order valence-corrected chi connectivity index (χ4v) is 7.07. The van der Waals surface area contributed by atoms with Crippen molar-refractivity contribution in [2.75, 3.05) is 0 Å². The minimum Gasteiger partial charge on any atom is -0.318 e. The third-order valence-corrected chi connectivity index (χ3v) is 8.82. The van der Waals surface area contributed by atoms with Crippen LogP contribution in [0.4, 0.5) is 0 Å². The van der Waals surface area contributed by atoms with Crippen LogP contribution in [0.15, 0.2) is 88.4 Å². The maximum atomic E-state index is 13.8. The fraction of sp³-hybridized carbons (Fsp3) is 0.194. The van der Waals surface area contributed by atoms with Crippen LogP contribution in [-0.2, 0) is 9.59 Å². The van der Waals surface area contributed by atoms with Gasteiger partial charge < -0.3 is 4.57 Å². The Bertz CT molecular complexity index is 1520. The molecule has 6 heteroatoms. The lowest BCUT2D eigenvalue weighted by Crippen LogP contribution is -2.41. The molecule has 0 N–H and O–H groups in total. The molecule has 2 atom stereocenters. The van der Waals surface area contributed by atoms with Crippen molar-refractivity contribution < 1.29 is 9.59 Å². The molecule has 2 amide bonds. The van der Waals surface area contributed by atoms with E-state index in [-0.39, 0.29) is 23.7 Å². The second kappa shape index (κ2) is 8.12. The molecule has 0 spiro atoms. The van der Waals surface area contributed by atoms with Crippen LogP contribution in [0.1, 0.15) is 51.0 Å². The third-order valence-electron chi connectivity index (χ3n) is 8.29. The van der Waals surface area contributed by atoms with Crippen LogP contribution in [0.5, 0.6) is 0 Å². The van der Waals surface area contributed by atoms with E-state index >= 15 is 0 Å². The molecular formula is C31H24BrN3O2. The smallest absolute Gasteiger partial charge is 0.254 e. The molecule has 0 radical (unpaired) electrons. The third kappa shape index (κ3) is 3.12. The van der Waals surface area contributed by atoms with Crippen molar-refractivity contribution in [2.45, 2.75) is 25.7 Å². The first-order valence-corrected chi connectivity index (χ1v) is 13.3. The number of rotatable bonds is 3. The molecule has 1 fully saturated rings. The molecular weight excluding hydrogens is 526 g/mol. The lowest BCUT2D eigenvalue weighted by Gasteiger charge is -2.45. The minimum atomic E-state index is -0.422. The van der Waals surface area contributed by atoms with Crippen molar-refractivity contribution in [3.8, 4) is 5.69 Å². The van der Waals surface area contributed by atoms with Gasteiger partial charge in [-0.3, -0.25) is 9.59 Å². The average Bonchev–Trinajstić information content (AvgIpc) is 3.34. The van der Waals surface area contributed by atoms with Gasteiger partial charge in [0.25, 0.3) is 11.8 Å². The minimum absolute atomic E-state index is 0.124. The number of imide groups is 1. The summed E-state index contributed by atoms with van der Waals surface area (Å²) in [5.74, 6) is -1.49. The van der Waals surface area contributed by atoms with E-state index in [1.165, 1.54) is 0 Å². The summed E-state index contributed by atoms with van der Waals surface area (Å²) >= 11 is 3.49. The first kappa shape index (κ1) is 22.4. The van der Waals surface area contributed by atoms with E-state index in [0.29, 0.717) is 0 Å². The number of carbonyl (C=O) groups is 2. The van der Waals surface area contributed by atoms with Crippen molar-refractivity contribution >= 4 is 34.0 Å². The van der Waals surface area contributed by atoms with Gasteiger partial charge in [-0.05, 0) is 66.4 Å². The Morgan fingerprint density at radius 3 is 1.73 bits per heavy atom. The Hall–Kier alpha value is -3.77. The second-order valence-corrected chi connectivity index (χ2v) is 11.1. The van der Waals surface area contributed by atoms with Crippen molar-refractivity contribution in [1.82, 2.24) is 9.58 Å². The summed E-state index contributed by atoms with van der Waals surface area (Å²) in [6.07, 6.45) is 1.66. The number of benzene rings is 3. The van der Waals surface area contributed by atoms with Gasteiger partial charge >= 0.3 is 0 Å². The van der Waals surface area contributed by atoms with Crippen LogP contribution in [-0.4, -0.2) is 27.6 Å². The van der Waals surface area contributed by atoms with Crippen LogP contribution in [0, 0.1) is 25.7 Å². The highest BCUT2D eigenvalue weighted by atomic mass is 79.9. The van der Waals surface area contributed by atoms with Crippen LogP contribution >= 0.6 is 15.9 Å². The summed E-state index contributed by atoms with van der Waals surface area (Å²) in [6.45, 7) is 4.07. The maximum absolute atomic E-state index is 13.8. The van der Waals surface area contributed by atoms with Gasteiger partial charge in [0.1, 0.15) is 0 Å². The molecule has 4 aliphatic rings. The lowest BCUT2D eigenvalue weighted by atomic mass is 9.55. The zero-order valence-electron chi connectivity index (χ0n) is 20.4. The molecule has 1 saturated heterocycles. The Kier molecular flexibility index (Phi) is 4.92. The van der Waals surface area contributed by atoms with Crippen LogP contribution in [0.2, 0.25) is 0 Å². The number of amides is 2. The van der Waals surface area contributed by atoms with E-state index in [4.69, 9.17) is 0 Å². The molecule has 37 heavy (non-hydrogen) atoms. The van der Waals surface area contributed by atoms with Gasteiger partial charge in [0.05, 0.1) is 18.1 Å². The molecule has 1 aromatic heterocycles. The first-order chi connectivity index (χ1) is 18.0. The Morgan fingerprint density at radius 2 is 1.24 bits per heavy atom. The lowest BCUT2D eigenvalue weighted by molar-refractivity contribution is -0.139. The van der Waals surface area contributed by atoms with E-state index in [1.807, 2.05) is 68.4 Å². The van der Waals surface area contributed by atoms with Crippen LogP contribution in [0.3, 0.4) is 0 Å². The number of aryl methyl sites for hydroxylation is 1. The zero-order valence-corrected chi connectivity index (χ0v) is 22.0. The average molecular weight is 550 g/mol. The van der Waals surface area contributed by atoms with Gasteiger partial charge in [-0.1, -0.05) is 64.5 Å². The molecule has 0 unspecified atom stereocenters. The molecule has 5 nitrogen and oxygen atoms in total. The summed E-state index contributed by atoms with van der Waals surface area (Å²) < 4.78 is 3.17. The summed E-state index contributed by atoms with van der Waals surface area (Å²) in [5.41, 5.74) is 8.64. The molecule has 2 heterocycles.